The topological polar surface area (TPSA) is 0 Å². The van der Waals surface area contributed by atoms with Gasteiger partial charge in [0.2, 0.25) is 0 Å². The second-order valence-electron chi connectivity index (χ2n) is 2.07. The van der Waals surface area contributed by atoms with Gasteiger partial charge in [-0.3, -0.25) is 0 Å². The standard InChI is InChI=1S/C6H16BP/c1-4-7(5-2)8-6-3/h8H,4-6H2,1-3H3. The molecule has 48 valence electrons. The summed E-state index contributed by atoms with van der Waals surface area (Å²) < 4.78 is 0. The second-order valence-corrected chi connectivity index (χ2v) is 4.00. The van der Waals surface area contributed by atoms with E-state index in [1.807, 2.05) is 0 Å². The van der Waals surface area contributed by atoms with Crippen LogP contribution in [0.25, 0.3) is 0 Å². The van der Waals surface area contributed by atoms with E-state index in [1.54, 1.807) is 0 Å². The molecule has 0 aromatic heterocycles. The van der Waals surface area contributed by atoms with Gasteiger partial charge in [0, 0.05) is 0 Å². The first-order valence-corrected chi connectivity index (χ1v) is 4.86. The fourth-order valence-electron chi connectivity index (χ4n) is 0.866. The van der Waals surface area contributed by atoms with Crippen molar-refractivity contribution in [2.24, 2.45) is 0 Å². The molecule has 2 heteroatoms. The molecule has 0 bridgehead atoms. The van der Waals surface area contributed by atoms with Crippen LogP contribution in [0.15, 0.2) is 0 Å². The third kappa shape index (κ3) is 3.49. The lowest BCUT2D eigenvalue weighted by Gasteiger charge is -2.04. The molecule has 0 aliphatic rings. The maximum absolute atomic E-state index is 2.29. The Balaban J connectivity index is 3.07. The molecule has 0 aliphatic heterocycles. The third-order valence-corrected chi connectivity index (χ3v) is 3.28. The molecular formula is C6H16BP. The molecule has 0 heterocycles. The van der Waals surface area contributed by atoms with E-state index in [4.69, 9.17) is 0 Å². The fraction of sp³-hybridized carbons (Fsp3) is 1.00. The van der Waals surface area contributed by atoms with E-state index in [9.17, 15) is 0 Å². The molecule has 0 aliphatic carbocycles. The second kappa shape index (κ2) is 5.63. The zero-order valence-electron chi connectivity index (χ0n) is 6.20. The minimum Gasteiger partial charge on any atom is -0.155 e. The molecule has 1 unspecified atom stereocenters. The molecular weight excluding hydrogens is 114 g/mol. The summed E-state index contributed by atoms with van der Waals surface area (Å²) in [5.74, 6) is 0. The molecule has 0 spiro atoms. The Morgan fingerprint density at radius 1 is 1.12 bits per heavy atom. The summed E-state index contributed by atoms with van der Waals surface area (Å²) in [4.78, 5) is 0. The molecule has 0 rings (SSSR count). The summed E-state index contributed by atoms with van der Waals surface area (Å²) in [6.07, 6.45) is 5.16. The van der Waals surface area contributed by atoms with Crippen LogP contribution in [-0.4, -0.2) is 12.6 Å². The molecule has 0 N–H and O–H groups in total. The molecule has 0 saturated heterocycles. The van der Waals surface area contributed by atoms with Crippen LogP contribution in [0, 0.1) is 0 Å². The lowest BCUT2D eigenvalue weighted by Crippen LogP contribution is -2.00. The Hall–Kier alpha value is 0.495. The van der Waals surface area contributed by atoms with Crippen molar-refractivity contribution in [3.8, 4) is 0 Å². The van der Waals surface area contributed by atoms with Gasteiger partial charge in [0.1, 0.15) is 0 Å². The summed E-state index contributed by atoms with van der Waals surface area (Å²) in [5, 5.41) is 0. The van der Waals surface area contributed by atoms with Crippen LogP contribution in [0.5, 0.6) is 0 Å². The zero-order chi connectivity index (χ0) is 6.41. The van der Waals surface area contributed by atoms with Gasteiger partial charge in [0.25, 0.3) is 0 Å². The van der Waals surface area contributed by atoms with Crippen LogP contribution in [0.3, 0.4) is 0 Å². The first kappa shape index (κ1) is 8.49. The molecule has 0 radical (unpaired) electrons. The molecule has 0 aromatic carbocycles. The van der Waals surface area contributed by atoms with Crippen molar-refractivity contribution in [3.63, 3.8) is 0 Å². The van der Waals surface area contributed by atoms with Gasteiger partial charge in [-0.2, -0.15) is 8.46 Å². The number of hydrogen-bond acceptors (Lipinski definition) is 0. The lowest BCUT2D eigenvalue weighted by molar-refractivity contribution is 1.35. The highest BCUT2D eigenvalue weighted by Crippen LogP contribution is 2.20. The first-order valence-electron chi connectivity index (χ1n) is 3.58. The molecule has 0 fully saturated rings. The normalized spacial score (nSPS) is 10.9. The lowest BCUT2D eigenvalue weighted by atomic mass is 9.70. The Kier molecular flexibility index (Phi) is 5.98. The van der Waals surface area contributed by atoms with Crippen molar-refractivity contribution in [2.75, 3.05) is 6.16 Å². The van der Waals surface area contributed by atoms with Crippen molar-refractivity contribution in [1.82, 2.24) is 0 Å². The molecule has 0 amide bonds. The summed E-state index contributed by atoms with van der Waals surface area (Å²) in [7, 11) is 1.21. The average Bonchev–Trinajstić information content (AvgIpc) is 1.83. The highest BCUT2D eigenvalue weighted by molar-refractivity contribution is 7.76. The zero-order valence-corrected chi connectivity index (χ0v) is 7.20. The van der Waals surface area contributed by atoms with E-state index in [0.29, 0.717) is 0 Å². The molecule has 8 heavy (non-hydrogen) atoms. The molecule has 0 nitrogen and oxygen atoms in total. The van der Waals surface area contributed by atoms with Crippen molar-refractivity contribution in [1.29, 1.82) is 0 Å². The van der Waals surface area contributed by atoms with Crippen molar-refractivity contribution in [2.45, 2.75) is 33.4 Å². The van der Waals surface area contributed by atoms with E-state index in [-0.39, 0.29) is 0 Å². The summed E-state index contributed by atoms with van der Waals surface area (Å²) in [5.41, 5.74) is 0. The largest absolute Gasteiger partial charge is 0.166 e. The van der Waals surface area contributed by atoms with Crippen molar-refractivity contribution >= 4 is 14.9 Å². The maximum Gasteiger partial charge on any atom is 0.166 e. The monoisotopic (exact) mass is 130 g/mol. The van der Waals surface area contributed by atoms with Crippen LogP contribution in [-0.2, 0) is 0 Å². The Morgan fingerprint density at radius 3 is 1.75 bits per heavy atom. The minimum absolute atomic E-state index is 1.03. The molecule has 0 aromatic rings. The van der Waals surface area contributed by atoms with Crippen molar-refractivity contribution < 1.29 is 0 Å². The Morgan fingerprint density at radius 2 is 1.62 bits per heavy atom. The fourth-order valence-corrected chi connectivity index (χ4v) is 2.02. The van der Waals surface area contributed by atoms with Crippen molar-refractivity contribution in [3.05, 3.63) is 0 Å². The SMILES string of the molecule is CCPB(CC)CC. The van der Waals surface area contributed by atoms with E-state index in [0.717, 1.165) is 6.43 Å². The van der Waals surface area contributed by atoms with E-state index in [1.165, 1.54) is 27.3 Å². The van der Waals surface area contributed by atoms with Crippen LogP contribution < -0.4 is 0 Å². The van der Waals surface area contributed by atoms with Gasteiger partial charge in [-0.25, -0.2) is 0 Å². The van der Waals surface area contributed by atoms with Crippen LogP contribution in [0.1, 0.15) is 20.8 Å². The Bertz CT molecular complexity index is 43.8. The highest BCUT2D eigenvalue weighted by atomic mass is 31.1. The summed E-state index contributed by atoms with van der Waals surface area (Å²) in [6.45, 7) is 6.85. The van der Waals surface area contributed by atoms with Gasteiger partial charge in [0.05, 0.1) is 0 Å². The highest BCUT2D eigenvalue weighted by Gasteiger charge is 2.04. The van der Waals surface area contributed by atoms with Gasteiger partial charge in [-0.1, -0.05) is 33.4 Å². The number of hydrogen-bond donors (Lipinski definition) is 0. The maximum atomic E-state index is 2.29. The van der Waals surface area contributed by atoms with Crippen LogP contribution >= 0.6 is 8.46 Å². The first-order chi connectivity index (χ1) is 3.85. The molecule has 1 atom stereocenters. The van der Waals surface area contributed by atoms with E-state index >= 15 is 0 Å². The number of rotatable bonds is 4. The minimum atomic E-state index is 1.03. The predicted octanol–water partition coefficient (Wildman–Crippen LogP) is 2.72. The van der Waals surface area contributed by atoms with E-state index < -0.39 is 0 Å². The summed E-state index contributed by atoms with van der Waals surface area (Å²) in [6, 6.07) is 0. The van der Waals surface area contributed by atoms with Gasteiger partial charge in [0.15, 0.2) is 6.43 Å². The average molecular weight is 130 g/mol. The smallest absolute Gasteiger partial charge is 0.155 e. The predicted molar refractivity (Wildman–Crippen MR) is 45.6 cm³/mol. The Labute approximate surface area is 55.3 Å². The quantitative estimate of drug-likeness (QED) is 0.405. The summed E-state index contributed by atoms with van der Waals surface area (Å²) >= 11 is 0. The van der Waals surface area contributed by atoms with Crippen LogP contribution in [0.2, 0.25) is 12.6 Å². The molecule has 0 saturated carbocycles. The van der Waals surface area contributed by atoms with Gasteiger partial charge in [-0.15, -0.1) is 0 Å². The third-order valence-electron chi connectivity index (χ3n) is 1.48. The van der Waals surface area contributed by atoms with Gasteiger partial charge >= 0.3 is 0 Å². The van der Waals surface area contributed by atoms with Gasteiger partial charge in [-0.05, 0) is 6.16 Å². The van der Waals surface area contributed by atoms with Crippen LogP contribution in [0.4, 0.5) is 0 Å². The van der Waals surface area contributed by atoms with E-state index in [2.05, 4.69) is 20.8 Å². The van der Waals surface area contributed by atoms with Gasteiger partial charge < -0.3 is 0 Å².